The number of carbonyl (C=O) groups is 1. The number of nitrogens with two attached hydrogens (primary N) is 1. The number of hydrogen-bond acceptors (Lipinski definition) is 4. The summed E-state index contributed by atoms with van der Waals surface area (Å²) in [6.45, 7) is 2.87. The van der Waals surface area contributed by atoms with Crippen molar-refractivity contribution in [3.63, 3.8) is 0 Å². The van der Waals surface area contributed by atoms with Crippen LogP contribution < -0.4 is 15.8 Å². The van der Waals surface area contributed by atoms with Crippen molar-refractivity contribution in [3.05, 3.63) is 59.1 Å². The molecule has 0 bridgehead atoms. The van der Waals surface area contributed by atoms with Crippen molar-refractivity contribution in [3.8, 4) is 16.9 Å². The van der Waals surface area contributed by atoms with Gasteiger partial charge in [-0.1, -0.05) is 35.9 Å². The maximum absolute atomic E-state index is 13.2. The van der Waals surface area contributed by atoms with Gasteiger partial charge in [0.1, 0.15) is 5.75 Å². The summed E-state index contributed by atoms with van der Waals surface area (Å²) in [6, 6.07) is 15.7. The van der Waals surface area contributed by atoms with Crippen LogP contribution in [-0.4, -0.2) is 43.1 Å². The van der Waals surface area contributed by atoms with Gasteiger partial charge >= 0.3 is 0 Å². The van der Waals surface area contributed by atoms with Gasteiger partial charge < -0.3 is 20.7 Å². The zero-order valence-electron chi connectivity index (χ0n) is 16.0. The summed E-state index contributed by atoms with van der Waals surface area (Å²) in [4.78, 5) is 15.2. The molecule has 1 atom stereocenters. The van der Waals surface area contributed by atoms with E-state index in [1.165, 1.54) is 0 Å². The van der Waals surface area contributed by atoms with Gasteiger partial charge in [0.15, 0.2) is 0 Å². The van der Waals surface area contributed by atoms with Crippen LogP contribution in [0.2, 0.25) is 5.02 Å². The minimum absolute atomic E-state index is 0.0122. The molecule has 5 nitrogen and oxygen atoms in total. The lowest BCUT2D eigenvalue weighted by Crippen LogP contribution is -2.54. The number of nitrogens with one attached hydrogen (secondary N) is 1. The highest BCUT2D eigenvalue weighted by molar-refractivity contribution is 6.34. The van der Waals surface area contributed by atoms with E-state index in [1.54, 1.807) is 6.07 Å². The molecule has 0 unspecified atom stereocenters. The lowest BCUT2D eigenvalue weighted by molar-refractivity contribution is 0.0576. The largest absolute Gasteiger partial charge is 0.493 e. The molecule has 0 spiro atoms. The van der Waals surface area contributed by atoms with Gasteiger partial charge in [-0.3, -0.25) is 4.79 Å². The molecule has 1 saturated heterocycles. The van der Waals surface area contributed by atoms with Crippen LogP contribution >= 0.6 is 11.6 Å². The normalized spacial score (nSPS) is 19.1. The predicted molar refractivity (Wildman–Crippen MR) is 117 cm³/mol. The first-order chi connectivity index (χ1) is 14.1. The summed E-state index contributed by atoms with van der Waals surface area (Å²) >= 11 is 6.70. The van der Waals surface area contributed by atoms with E-state index in [2.05, 4.69) is 5.32 Å². The van der Waals surface area contributed by atoms with Gasteiger partial charge in [-0.25, -0.2) is 0 Å². The van der Waals surface area contributed by atoms with Crippen molar-refractivity contribution in [2.75, 3.05) is 32.0 Å². The van der Waals surface area contributed by atoms with Gasteiger partial charge in [-0.2, -0.15) is 0 Å². The molecule has 29 heavy (non-hydrogen) atoms. The highest BCUT2D eigenvalue weighted by Crippen LogP contribution is 2.39. The Hall–Kier alpha value is -2.76. The van der Waals surface area contributed by atoms with E-state index in [4.69, 9.17) is 22.1 Å². The number of ether oxygens (including phenoxy) is 1. The highest BCUT2D eigenvalue weighted by atomic mass is 35.5. The Labute approximate surface area is 174 Å². The molecule has 1 amide bonds. The summed E-state index contributed by atoms with van der Waals surface area (Å²) in [6.07, 6.45) is 0.806. The number of rotatable bonds is 1. The number of fused-ring (bicyclic) bond motifs is 3. The van der Waals surface area contributed by atoms with Crippen molar-refractivity contribution in [1.29, 1.82) is 0 Å². The minimum atomic E-state index is -0.0122. The number of amides is 1. The van der Waals surface area contributed by atoms with Gasteiger partial charge in [-0.05, 0) is 40.6 Å². The number of nitrogens with zero attached hydrogens (tertiary/aromatic N) is 1. The molecule has 1 fully saturated rings. The fraction of sp³-hybridized carbons (Fsp3) is 0.261. The van der Waals surface area contributed by atoms with Crippen LogP contribution in [0.1, 0.15) is 16.8 Å². The Morgan fingerprint density at radius 2 is 2.00 bits per heavy atom. The molecule has 2 aliphatic heterocycles. The summed E-state index contributed by atoms with van der Waals surface area (Å²) in [7, 11) is 0. The number of nitrogen functional groups attached to an aromatic ring is 1. The smallest absolute Gasteiger partial charge is 0.258 e. The first-order valence-corrected chi connectivity index (χ1v) is 10.3. The summed E-state index contributed by atoms with van der Waals surface area (Å²) in [5.74, 6) is 0.578. The van der Waals surface area contributed by atoms with Crippen LogP contribution in [0.15, 0.2) is 48.5 Å². The molecule has 148 valence electrons. The van der Waals surface area contributed by atoms with Gasteiger partial charge in [0.2, 0.25) is 0 Å². The number of hydrogen-bond donors (Lipinski definition) is 2. The van der Waals surface area contributed by atoms with Crippen molar-refractivity contribution < 1.29 is 9.53 Å². The first-order valence-electron chi connectivity index (χ1n) is 9.88. The van der Waals surface area contributed by atoms with E-state index in [0.717, 1.165) is 41.4 Å². The summed E-state index contributed by atoms with van der Waals surface area (Å²) in [5.41, 5.74) is 9.07. The molecule has 3 N–H and O–H groups in total. The lowest BCUT2D eigenvalue weighted by Gasteiger charge is -2.38. The number of carbonyl (C=O) groups excluding carboxylic acids is 1. The van der Waals surface area contributed by atoms with Crippen LogP contribution in [-0.2, 0) is 0 Å². The quantitative estimate of drug-likeness (QED) is 0.599. The SMILES string of the molecule is Nc1ccc2cccc(-c3cc4c(cc3Cl)C(=O)N3CCNC[C@@H]3CCO4)c2c1. The number of halogens is 1. The Kier molecular flexibility index (Phi) is 4.57. The second-order valence-electron chi connectivity index (χ2n) is 7.61. The van der Waals surface area contributed by atoms with Crippen molar-refractivity contribution in [2.45, 2.75) is 12.5 Å². The number of anilines is 1. The van der Waals surface area contributed by atoms with Gasteiger partial charge in [0.25, 0.3) is 5.91 Å². The molecule has 3 aromatic rings. The van der Waals surface area contributed by atoms with Gasteiger partial charge in [0.05, 0.1) is 12.2 Å². The van der Waals surface area contributed by atoms with E-state index in [1.807, 2.05) is 47.4 Å². The monoisotopic (exact) mass is 407 g/mol. The molecule has 0 aliphatic carbocycles. The zero-order valence-corrected chi connectivity index (χ0v) is 16.7. The summed E-state index contributed by atoms with van der Waals surface area (Å²) < 4.78 is 6.04. The Morgan fingerprint density at radius 1 is 1.10 bits per heavy atom. The van der Waals surface area contributed by atoms with Gasteiger partial charge in [0, 0.05) is 48.4 Å². The van der Waals surface area contributed by atoms with E-state index in [9.17, 15) is 4.79 Å². The van der Waals surface area contributed by atoms with Crippen molar-refractivity contribution >= 4 is 34.0 Å². The van der Waals surface area contributed by atoms with E-state index in [0.29, 0.717) is 35.2 Å². The molecule has 0 saturated carbocycles. The molecule has 5 rings (SSSR count). The lowest BCUT2D eigenvalue weighted by atomic mass is 9.95. The third kappa shape index (κ3) is 3.20. The average Bonchev–Trinajstić information content (AvgIpc) is 2.73. The van der Waals surface area contributed by atoms with E-state index >= 15 is 0 Å². The molecular formula is C23H22ClN3O2. The second kappa shape index (κ2) is 7.25. The molecule has 2 aliphatic rings. The molecule has 0 aromatic heterocycles. The van der Waals surface area contributed by atoms with Crippen LogP contribution in [0.5, 0.6) is 5.75 Å². The third-order valence-electron chi connectivity index (χ3n) is 5.82. The average molecular weight is 408 g/mol. The molecule has 3 aromatic carbocycles. The Morgan fingerprint density at radius 3 is 2.90 bits per heavy atom. The number of piperazine rings is 1. The molecule has 2 heterocycles. The van der Waals surface area contributed by atoms with Crippen molar-refractivity contribution in [1.82, 2.24) is 10.2 Å². The minimum Gasteiger partial charge on any atom is -0.493 e. The van der Waals surface area contributed by atoms with Crippen LogP contribution in [0, 0.1) is 0 Å². The maximum Gasteiger partial charge on any atom is 0.258 e. The molecule has 0 radical (unpaired) electrons. The third-order valence-corrected chi connectivity index (χ3v) is 6.13. The Bertz CT molecular complexity index is 1110. The van der Waals surface area contributed by atoms with Crippen LogP contribution in [0.3, 0.4) is 0 Å². The second-order valence-corrected chi connectivity index (χ2v) is 8.02. The predicted octanol–water partition coefficient (Wildman–Crippen LogP) is 3.94. The van der Waals surface area contributed by atoms with Gasteiger partial charge in [-0.15, -0.1) is 0 Å². The van der Waals surface area contributed by atoms with Crippen LogP contribution in [0.4, 0.5) is 5.69 Å². The standard InChI is InChI=1S/C23H22ClN3O2/c24-21-11-20-22(29-9-6-16-13-26-7-8-27(16)23(20)28)12-19(21)17-3-1-2-14-4-5-15(25)10-18(14)17/h1-5,10-12,16,26H,6-9,13,25H2/t16-/m0/s1. The first kappa shape index (κ1) is 18.3. The van der Waals surface area contributed by atoms with Crippen molar-refractivity contribution in [2.24, 2.45) is 0 Å². The molecular weight excluding hydrogens is 386 g/mol. The Balaban J connectivity index is 1.64. The summed E-state index contributed by atoms with van der Waals surface area (Å²) in [5, 5.41) is 5.99. The van der Waals surface area contributed by atoms with E-state index in [-0.39, 0.29) is 11.9 Å². The zero-order chi connectivity index (χ0) is 20.0. The maximum atomic E-state index is 13.2. The number of benzene rings is 3. The fourth-order valence-electron chi connectivity index (χ4n) is 4.32. The molecule has 6 heteroatoms. The van der Waals surface area contributed by atoms with Crippen LogP contribution in [0.25, 0.3) is 21.9 Å². The fourth-order valence-corrected chi connectivity index (χ4v) is 4.58. The highest BCUT2D eigenvalue weighted by Gasteiger charge is 2.31. The topological polar surface area (TPSA) is 67.6 Å². The van der Waals surface area contributed by atoms with E-state index < -0.39 is 0 Å².